The van der Waals surface area contributed by atoms with Crippen LogP contribution >= 0.6 is 0 Å². The van der Waals surface area contributed by atoms with Crippen molar-refractivity contribution in [2.45, 2.75) is 49.5 Å². The van der Waals surface area contributed by atoms with E-state index in [2.05, 4.69) is 11.3 Å². The number of sulfonamides is 1. The molecule has 0 radical (unpaired) electrons. The predicted octanol–water partition coefficient (Wildman–Crippen LogP) is 2.30. The van der Waals surface area contributed by atoms with E-state index in [9.17, 15) is 28.4 Å². The zero-order chi connectivity index (χ0) is 21.2. The molecule has 10 heteroatoms. The number of ether oxygens (including phenoxy) is 1. The summed E-state index contributed by atoms with van der Waals surface area (Å²) < 4.78 is 33.3. The van der Waals surface area contributed by atoms with E-state index in [1.54, 1.807) is 6.08 Å². The van der Waals surface area contributed by atoms with Crippen LogP contribution in [0.2, 0.25) is 0 Å². The Bertz CT molecular complexity index is 778. The van der Waals surface area contributed by atoms with Crippen molar-refractivity contribution in [3.63, 3.8) is 0 Å². The fourth-order valence-electron chi connectivity index (χ4n) is 2.88. The minimum Gasteiger partial charge on any atom is -0.466 e. The number of carbonyl (C=O) groups is 1. The van der Waals surface area contributed by atoms with Crippen LogP contribution in [0.3, 0.4) is 0 Å². The fourth-order valence-corrected chi connectivity index (χ4v) is 4.35. The van der Waals surface area contributed by atoms with E-state index >= 15 is 0 Å². The molecule has 0 spiro atoms. The Morgan fingerprint density at radius 2 is 1.93 bits per heavy atom. The molecule has 28 heavy (non-hydrogen) atoms. The Hall–Kier alpha value is -2.30. The van der Waals surface area contributed by atoms with Crippen LogP contribution in [-0.2, 0) is 19.6 Å². The molecule has 0 unspecified atom stereocenters. The van der Waals surface area contributed by atoms with Gasteiger partial charge in [-0.2, -0.15) is 0 Å². The standard InChI is InChI=1S/C18H26N2O7S/c1-3-10-18(11-4-13-21,12-5-14-27-15(2)22)19-28(25,26)17-8-6-16(7-9-17)20(23)24/h3,6-9,19,21H,1,4-5,10-14H2,2H3/t18-/m0/s1. The lowest BCUT2D eigenvalue weighted by molar-refractivity contribution is -0.384. The average Bonchev–Trinajstić information content (AvgIpc) is 2.63. The summed E-state index contributed by atoms with van der Waals surface area (Å²) in [5.41, 5.74) is -1.14. The van der Waals surface area contributed by atoms with Gasteiger partial charge in [0.1, 0.15) is 0 Å². The molecule has 1 rings (SSSR count). The second-order valence-corrected chi connectivity index (χ2v) is 8.08. The molecule has 1 atom stereocenters. The first-order valence-corrected chi connectivity index (χ1v) is 10.3. The number of benzene rings is 1. The molecule has 9 nitrogen and oxygen atoms in total. The third kappa shape index (κ3) is 7.37. The van der Waals surface area contributed by atoms with E-state index in [0.717, 1.165) is 12.1 Å². The minimum absolute atomic E-state index is 0.101. The second kappa shape index (κ2) is 10.9. The van der Waals surface area contributed by atoms with Gasteiger partial charge in [-0.05, 0) is 44.2 Å². The van der Waals surface area contributed by atoms with Crippen LogP contribution in [-0.4, -0.2) is 43.2 Å². The maximum Gasteiger partial charge on any atom is 0.302 e. The van der Waals surface area contributed by atoms with E-state index in [0.29, 0.717) is 32.1 Å². The van der Waals surface area contributed by atoms with Crippen molar-refractivity contribution in [3.8, 4) is 0 Å². The molecule has 0 amide bonds. The summed E-state index contributed by atoms with van der Waals surface area (Å²) >= 11 is 0. The van der Waals surface area contributed by atoms with Crippen LogP contribution in [0.15, 0.2) is 41.8 Å². The molecule has 0 aliphatic carbocycles. The molecule has 0 saturated carbocycles. The first-order valence-electron chi connectivity index (χ1n) is 8.79. The molecule has 1 aromatic rings. The lowest BCUT2D eigenvalue weighted by Crippen LogP contribution is -2.48. The van der Waals surface area contributed by atoms with Gasteiger partial charge in [-0.15, -0.1) is 6.58 Å². The zero-order valence-corrected chi connectivity index (χ0v) is 16.6. The van der Waals surface area contributed by atoms with Crippen LogP contribution in [0, 0.1) is 10.1 Å². The number of hydrogen-bond acceptors (Lipinski definition) is 7. The van der Waals surface area contributed by atoms with Crippen molar-refractivity contribution in [1.29, 1.82) is 0 Å². The quantitative estimate of drug-likeness (QED) is 0.166. The van der Waals surface area contributed by atoms with Crippen LogP contribution in [0.5, 0.6) is 0 Å². The highest BCUT2D eigenvalue weighted by Gasteiger charge is 2.33. The van der Waals surface area contributed by atoms with Gasteiger partial charge in [-0.25, -0.2) is 13.1 Å². The van der Waals surface area contributed by atoms with Gasteiger partial charge in [0.05, 0.1) is 16.4 Å². The SMILES string of the molecule is C=CC[C@](CCCO)(CCCOC(C)=O)NS(=O)(=O)c1ccc([N+](=O)[O-])cc1. The van der Waals surface area contributed by atoms with Gasteiger partial charge in [-0.3, -0.25) is 14.9 Å². The van der Waals surface area contributed by atoms with Crippen molar-refractivity contribution in [3.05, 3.63) is 47.0 Å². The van der Waals surface area contributed by atoms with Gasteiger partial charge in [0.2, 0.25) is 10.0 Å². The highest BCUT2D eigenvalue weighted by molar-refractivity contribution is 7.89. The number of aliphatic hydroxyl groups excluding tert-OH is 1. The van der Waals surface area contributed by atoms with E-state index in [1.165, 1.54) is 19.1 Å². The number of non-ortho nitro benzene ring substituents is 1. The Kier molecular flexibility index (Phi) is 9.23. The number of nitrogens with zero attached hydrogens (tertiary/aromatic N) is 1. The van der Waals surface area contributed by atoms with Gasteiger partial charge in [0.25, 0.3) is 5.69 Å². The monoisotopic (exact) mass is 414 g/mol. The van der Waals surface area contributed by atoms with Crippen molar-refractivity contribution < 1.29 is 28.0 Å². The number of nitrogens with one attached hydrogen (secondary N) is 1. The topological polar surface area (TPSA) is 136 Å². The Labute approximate surface area is 164 Å². The summed E-state index contributed by atoms with van der Waals surface area (Å²) in [4.78, 5) is 21.0. The number of rotatable bonds is 13. The van der Waals surface area contributed by atoms with Crippen LogP contribution in [0.4, 0.5) is 5.69 Å². The van der Waals surface area contributed by atoms with Gasteiger partial charge in [0, 0.05) is 31.2 Å². The maximum atomic E-state index is 12.8. The highest BCUT2D eigenvalue weighted by Crippen LogP contribution is 2.28. The number of nitro benzene ring substituents is 1. The third-order valence-corrected chi connectivity index (χ3v) is 5.76. The summed E-state index contributed by atoms with van der Waals surface area (Å²) in [5.74, 6) is -0.420. The number of esters is 1. The summed E-state index contributed by atoms with van der Waals surface area (Å²) in [6.07, 6.45) is 3.38. The van der Waals surface area contributed by atoms with E-state index in [1.807, 2.05) is 0 Å². The van der Waals surface area contributed by atoms with E-state index in [4.69, 9.17) is 4.74 Å². The molecule has 2 N–H and O–H groups in total. The molecule has 0 fully saturated rings. The van der Waals surface area contributed by atoms with Gasteiger partial charge >= 0.3 is 5.97 Å². The lowest BCUT2D eigenvalue weighted by Gasteiger charge is -2.34. The van der Waals surface area contributed by atoms with Crippen molar-refractivity contribution in [2.75, 3.05) is 13.2 Å². The first-order chi connectivity index (χ1) is 13.2. The molecule has 0 aliphatic heterocycles. The largest absolute Gasteiger partial charge is 0.466 e. The lowest BCUT2D eigenvalue weighted by atomic mass is 9.86. The molecule has 0 aliphatic rings. The minimum atomic E-state index is -3.98. The Morgan fingerprint density at radius 1 is 1.32 bits per heavy atom. The van der Waals surface area contributed by atoms with Crippen LogP contribution < -0.4 is 4.72 Å². The number of aliphatic hydroxyl groups is 1. The predicted molar refractivity (Wildman–Crippen MR) is 103 cm³/mol. The molecule has 1 aromatic carbocycles. The normalized spacial score (nSPS) is 13.5. The summed E-state index contributed by atoms with van der Waals surface area (Å²) in [7, 11) is -3.98. The van der Waals surface area contributed by atoms with Crippen molar-refractivity contribution in [2.24, 2.45) is 0 Å². The average molecular weight is 414 g/mol. The zero-order valence-electron chi connectivity index (χ0n) is 15.8. The summed E-state index contributed by atoms with van der Waals surface area (Å²) in [6.45, 7) is 5.01. The molecular weight excluding hydrogens is 388 g/mol. The molecule has 0 heterocycles. The number of nitro groups is 1. The fraction of sp³-hybridized carbons (Fsp3) is 0.500. The molecule has 156 valence electrons. The Balaban J connectivity index is 3.07. The third-order valence-electron chi connectivity index (χ3n) is 4.16. The molecular formula is C18H26N2O7S. The summed E-state index contributed by atoms with van der Waals surface area (Å²) in [6, 6.07) is 4.59. The maximum absolute atomic E-state index is 12.8. The van der Waals surface area contributed by atoms with E-state index in [-0.39, 0.29) is 23.8 Å². The second-order valence-electron chi connectivity index (χ2n) is 6.40. The summed E-state index contributed by atoms with van der Waals surface area (Å²) in [5, 5.41) is 20.0. The number of carbonyl (C=O) groups excluding carboxylic acids is 1. The van der Waals surface area contributed by atoms with Crippen molar-refractivity contribution >= 4 is 21.7 Å². The van der Waals surface area contributed by atoms with Crippen LogP contribution in [0.1, 0.15) is 39.0 Å². The Morgan fingerprint density at radius 3 is 2.43 bits per heavy atom. The van der Waals surface area contributed by atoms with Gasteiger partial charge in [0.15, 0.2) is 0 Å². The smallest absolute Gasteiger partial charge is 0.302 e. The molecule has 0 aromatic heterocycles. The molecule has 0 saturated heterocycles. The number of hydrogen-bond donors (Lipinski definition) is 2. The van der Waals surface area contributed by atoms with Gasteiger partial charge < -0.3 is 9.84 Å². The van der Waals surface area contributed by atoms with Gasteiger partial charge in [-0.1, -0.05) is 6.08 Å². The van der Waals surface area contributed by atoms with Crippen molar-refractivity contribution in [1.82, 2.24) is 4.72 Å². The van der Waals surface area contributed by atoms with Crippen LogP contribution in [0.25, 0.3) is 0 Å². The highest BCUT2D eigenvalue weighted by atomic mass is 32.2. The molecule has 0 bridgehead atoms. The van der Waals surface area contributed by atoms with E-state index < -0.39 is 26.5 Å². The first kappa shape index (κ1) is 23.7.